The molecule has 2 fully saturated rings. The number of aliphatic imine (C=N–C) groups is 1. The van der Waals surface area contributed by atoms with Gasteiger partial charge in [-0.3, -0.25) is 9.79 Å². The summed E-state index contributed by atoms with van der Waals surface area (Å²) in [6.07, 6.45) is 8.44. The number of halogens is 2. The summed E-state index contributed by atoms with van der Waals surface area (Å²) < 4.78 is 5.73. The van der Waals surface area contributed by atoms with E-state index in [4.69, 9.17) is 27.9 Å². The highest BCUT2D eigenvalue weighted by molar-refractivity contribution is 8.18. The molecule has 0 aromatic heterocycles. The molecule has 0 bridgehead atoms. The SMILES string of the molecule is O=C1NC(=NC2CCCC2)SC1=CC1=Cc2cc(Cl)cc(Cl)c2OC1. The molecule has 0 radical (unpaired) electrons. The fourth-order valence-corrected chi connectivity index (χ4v) is 4.65. The molecule has 3 aliphatic rings. The van der Waals surface area contributed by atoms with E-state index in [1.807, 2.05) is 12.2 Å². The van der Waals surface area contributed by atoms with Gasteiger partial charge in [0.2, 0.25) is 0 Å². The van der Waals surface area contributed by atoms with Crippen LogP contribution in [0.5, 0.6) is 5.75 Å². The number of hydrogen-bond acceptors (Lipinski definition) is 4. The molecule has 2 heterocycles. The van der Waals surface area contributed by atoms with Crippen LogP contribution in [-0.2, 0) is 4.79 Å². The topological polar surface area (TPSA) is 50.7 Å². The minimum atomic E-state index is -0.113. The summed E-state index contributed by atoms with van der Waals surface area (Å²) in [5.41, 5.74) is 1.71. The van der Waals surface area contributed by atoms with E-state index in [0.717, 1.165) is 24.0 Å². The van der Waals surface area contributed by atoms with Crippen molar-refractivity contribution in [3.05, 3.63) is 44.3 Å². The van der Waals surface area contributed by atoms with Gasteiger partial charge in [0, 0.05) is 10.6 Å². The van der Waals surface area contributed by atoms with Gasteiger partial charge in [-0.1, -0.05) is 36.0 Å². The Morgan fingerprint density at radius 2 is 2.08 bits per heavy atom. The van der Waals surface area contributed by atoms with Crippen molar-refractivity contribution < 1.29 is 9.53 Å². The molecule has 2 aliphatic heterocycles. The van der Waals surface area contributed by atoms with Gasteiger partial charge in [-0.2, -0.15) is 0 Å². The van der Waals surface area contributed by atoms with E-state index >= 15 is 0 Å². The fraction of sp³-hybridized carbons (Fsp3) is 0.333. The van der Waals surface area contributed by atoms with Crippen LogP contribution in [0.1, 0.15) is 31.2 Å². The molecule has 7 heteroatoms. The molecular weight excluding hydrogens is 379 g/mol. The summed E-state index contributed by atoms with van der Waals surface area (Å²) in [5, 5.41) is 4.60. The Balaban J connectivity index is 1.56. The van der Waals surface area contributed by atoms with Crippen molar-refractivity contribution in [3.8, 4) is 5.75 Å². The Bertz CT molecular complexity index is 827. The van der Waals surface area contributed by atoms with Gasteiger partial charge in [0.05, 0.1) is 16.0 Å². The number of benzene rings is 1. The molecule has 1 aliphatic carbocycles. The number of amidine groups is 1. The van der Waals surface area contributed by atoms with Crippen molar-refractivity contribution in [3.63, 3.8) is 0 Å². The lowest BCUT2D eigenvalue weighted by molar-refractivity contribution is -0.115. The molecule has 1 saturated carbocycles. The van der Waals surface area contributed by atoms with Crippen LogP contribution in [-0.4, -0.2) is 23.7 Å². The third-order valence-corrected chi connectivity index (χ3v) is 5.78. The summed E-state index contributed by atoms with van der Waals surface area (Å²) in [6, 6.07) is 3.80. The Morgan fingerprint density at radius 3 is 2.88 bits per heavy atom. The number of nitrogens with one attached hydrogen (secondary N) is 1. The van der Waals surface area contributed by atoms with Crippen molar-refractivity contribution in [1.29, 1.82) is 0 Å². The molecule has 1 aromatic carbocycles. The van der Waals surface area contributed by atoms with Crippen LogP contribution in [0.15, 0.2) is 33.7 Å². The summed E-state index contributed by atoms with van der Waals surface area (Å²) in [5.74, 6) is 0.512. The van der Waals surface area contributed by atoms with Gasteiger partial charge in [-0.15, -0.1) is 0 Å². The third-order valence-electron chi connectivity index (χ3n) is 4.35. The van der Waals surface area contributed by atoms with E-state index in [9.17, 15) is 4.79 Å². The summed E-state index contributed by atoms with van der Waals surface area (Å²) in [4.78, 5) is 17.5. The second-order valence-electron chi connectivity index (χ2n) is 6.25. The van der Waals surface area contributed by atoms with Crippen molar-refractivity contribution in [2.45, 2.75) is 31.7 Å². The zero-order chi connectivity index (χ0) is 17.4. The molecule has 1 aromatic rings. The molecule has 1 amide bonds. The number of hydrogen-bond donors (Lipinski definition) is 1. The number of amides is 1. The number of carbonyl (C=O) groups is 1. The highest BCUT2D eigenvalue weighted by Crippen LogP contribution is 2.37. The minimum absolute atomic E-state index is 0.113. The lowest BCUT2D eigenvalue weighted by Crippen LogP contribution is -2.21. The van der Waals surface area contributed by atoms with Crippen LogP contribution in [0.2, 0.25) is 10.0 Å². The monoisotopic (exact) mass is 394 g/mol. The van der Waals surface area contributed by atoms with Crippen molar-refractivity contribution >= 4 is 52.1 Å². The molecule has 0 unspecified atom stereocenters. The van der Waals surface area contributed by atoms with Gasteiger partial charge in [-0.05, 0) is 54.5 Å². The maximum atomic E-state index is 12.2. The molecular formula is C18H16Cl2N2O2S. The van der Waals surface area contributed by atoms with Crippen LogP contribution in [0.25, 0.3) is 6.08 Å². The van der Waals surface area contributed by atoms with Gasteiger partial charge in [0.15, 0.2) is 5.17 Å². The van der Waals surface area contributed by atoms with E-state index in [0.29, 0.717) is 38.5 Å². The molecule has 1 saturated heterocycles. The van der Waals surface area contributed by atoms with Gasteiger partial charge in [0.25, 0.3) is 5.91 Å². The Morgan fingerprint density at radius 1 is 1.28 bits per heavy atom. The highest BCUT2D eigenvalue weighted by atomic mass is 35.5. The highest BCUT2D eigenvalue weighted by Gasteiger charge is 2.26. The van der Waals surface area contributed by atoms with Gasteiger partial charge in [-0.25, -0.2) is 0 Å². The quantitative estimate of drug-likeness (QED) is 0.731. The molecule has 4 rings (SSSR count). The average Bonchev–Trinajstić information content (AvgIpc) is 3.17. The van der Waals surface area contributed by atoms with E-state index in [2.05, 4.69) is 10.3 Å². The second-order valence-corrected chi connectivity index (χ2v) is 8.13. The first-order chi connectivity index (χ1) is 12.1. The lowest BCUT2D eigenvalue weighted by atomic mass is 10.1. The van der Waals surface area contributed by atoms with Crippen molar-refractivity contribution in [2.24, 2.45) is 4.99 Å². The maximum Gasteiger partial charge on any atom is 0.264 e. The number of rotatable bonds is 2. The second kappa shape index (κ2) is 7.06. The zero-order valence-electron chi connectivity index (χ0n) is 13.4. The molecule has 0 spiro atoms. The maximum absolute atomic E-state index is 12.2. The summed E-state index contributed by atoms with van der Waals surface area (Å²) in [6.45, 7) is 0.362. The van der Waals surface area contributed by atoms with E-state index in [-0.39, 0.29) is 5.91 Å². The van der Waals surface area contributed by atoms with Crippen LogP contribution in [0.3, 0.4) is 0 Å². The Hall–Kier alpha value is -1.43. The average molecular weight is 395 g/mol. The standard InChI is InChI=1S/C18H16Cl2N2O2S/c19-12-7-11-5-10(9-24-16(11)14(20)8-12)6-15-17(23)22-18(25-15)21-13-3-1-2-4-13/h5-8,13H,1-4,9H2,(H,21,22,23). The van der Waals surface area contributed by atoms with E-state index in [1.165, 1.54) is 24.6 Å². The lowest BCUT2D eigenvalue weighted by Gasteiger charge is -2.17. The van der Waals surface area contributed by atoms with Gasteiger partial charge in [0.1, 0.15) is 12.4 Å². The zero-order valence-corrected chi connectivity index (χ0v) is 15.7. The Labute approximate surface area is 160 Å². The Kier molecular flexibility index (Phi) is 4.80. The summed E-state index contributed by atoms with van der Waals surface area (Å²) in [7, 11) is 0. The molecule has 0 atom stereocenters. The molecule has 4 nitrogen and oxygen atoms in total. The van der Waals surface area contributed by atoms with E-state index < -0.39 is 0 Å². The number of nitrogens with zero attached hydrogens (tertiary/aromatic N) is 1. The molecule has 130 valence electrons. The van der Waals surface area contributed by atoms with Crippen molar-refractivity contribution in [2.75, 3.05) is 6.61 Å². The van der Waals surface area contributed by atoms with E-state index in [1.54, 1.807) is 12.1 Å². The molecule has 25 heavy (non-hydrogen) atoms. The predicted octanol–water partition coefficient (Wildman–Crippen LogP) is 4.81. The van der Waals surface area contributed by atoms with Gasteiger partial charge >= 0.3 is 0 Å². The summed E-state index contributed by atoms with van der Waals surface area (Å²) >= 11 is 13.6. The third kappa shape index (κ3) is 3.73. The number of thioether (sulfide) groups is 1. The van der Waals surface area contributed by atoms with Crippen LogP contribution < -0.4 is 10.1 Å². The van der Waals surface area contributed by atoms with Crippen LogP contribution >= 0.6 is 35.0 Å². The van der Waals surface area contributed by atoms with Crippen LogP contribution in [0.4, 0.5) is 0 Å². The number of carbonyl (C=O) groups excluding carboxylic acids is 1. The normalized spacial score (nSPS) is 23.6. The first-order valence-electron chi connectivity index (χ1n) is 8.19. The van der Waals surface area contributed by atoms with Crippen LogP contribution in [0, 0.1) is 0 Å². The molecule has 1 N–H and O–H groups in total. The van der Waals surface area contributed by atoms with Gasteiger partial charge < -0.3 is 10.1 Å². The minimum Gasteiger partial charge on any atom is -0.487 e. The smallest absolute Gasteiger partial charge is 0.264 e. The first kappa shape index (κ1) is 17.0. The largest absolute Gasteiger partial charge is 0.487 e. The number of fused-ring (bicyclic) bond motifs is 1. The van der Waals surface area contributed by atoms with Crippen molar-refractivity contribution in [1.82, 2.24) is 5.32 Å². The first-order valence-corrected chi connectivity index (χ1v) is 9.77. The fourth-order valence-electron chi connectivity index (χ4n) is 3.18. The predicted molar refractivity (Wildman–Crippen MR) is 103 cm³/mol. The number of ether oxygens (including phenoxy) is 1.